The summed E-state index contributed by atoms with van der Waals surface area (Å²) in [5, 5.41) is 7.90. The van der Waals surface area contributed by atoms with Gasteiger partial charge >= 0.3 is 0 Å². The number of nitrogens with one attached hydrogen (secondary N) is 1. The third kappa shape index (κ3) is 3.94. The van der Waals surface area contributed by atoms with Crippen LogP contribution in [0.3, 0.4) is 0 Å². The molecule has 4 rings (SSSR count). The third-order valence-corrected chi connectivity index (χ3v) is 4.85. The van der Waals surface area contributed by atoms with Gasteiger partial charge in [-0.15, -0.1) is 0 Å². The van der Waals surface area contributed by atoms with Crippen LogP contribution in [0.4, 0.5) is 5.69 Å². The molecule has 0 saturated carbocycles. The number of hydrogen-bond donors (Lipinski definition) is 1. The van der Waals surface area contributed by atoms with Crippen molar-refractivity contribution in [3.63, 3.8) is 0 Å². The van der Waals surface area contributed by atoms with Crippen molar-refractivity contribution >= 4 is 5.69 Å². The zero-order chi connectivity index (χ0) is 16.9. The van der Waals surface area contributed by atoms with Gasteiger partial charge in [-0.05, 0) is 43.2 Å². The Kier molecular flexibility index (Phi) is 4.84. The standard InChI is InChI=1S/C20H24N4O/c1-4-17(20-6-2-15-25-20)16-19(5-1)23-12-7-18(8-13-23)21-10-14-24-11-3-9-22-24/h1-6,9,11,15-16,18,21H,7-8,10,12-14H2. The zero-order valence-electron chi connectivity index (χ0n) is 14.3. The van der Waals surface area contributed by atoms with Crippen LogP contribution in [0.5, 0.6) is 0 Å². The second kappa shape index (κ2) is 7.57. The van der Waals surface area contributed by atoms with Crippen molar-refractivity contribution < 1.29 is 4.42 Å². The molecule has 130 valence electrons. The Hall–Kier alpha value is -2.53. The van der Waals surface area contributed by atoms with Gasteiger partial charge in [-0.25, -0.2) is 0 Å². The molecule has 0 atom stereocenters. The van der Waals surface area contributed by atoms with E-state index < -0.39 is 0 Å². The monoisotopic (exact) mass is 336 g/mol. The van der Waals surface area contributed by atoms with Crippen molar-refractivity contribution in [3.05, 3.63) is 61.1 Å². The summed E-state index contributed by atoms with van der Waals surface area (Å²) >= 11 is 0. The summed E-state index contributed by atoms with van der Waals surface area (Å²) < 4.78 is 7.49. The molecule has 1 saturated heterocycles. The average molecular weight is 336 g/mol. The second-order valence-electron chi connectivity index (χ2n) is 6.51. The van der Waals surface area contributed by atoms with Crippen molar-refractivity contribution in [1.82, 2.24) is 15.1 Å². The molecule has 1 aliphatic rings. The zero-order valence-corrected chi connectivity index (χ0v) is 14.3. The van der Waals surface area contributed by atoms with Crippen LogP contribution in [0.15, 0.2) is 65.5 Å². The van der Waals surface area contributed by atoms with Gasteiger partial charge in [0.05, 0.1) is 12.8 Å². The Labute approximate surface area is 148 Å². The van der Waals surface area contributed by atoms with Crippen LogP contribution in [-0.2, 0) is 6.54 Å². The molecule has 1 aromatic carbocycles. The fraction of sp³-hybridized carbons (Fsp3) is 0.350. The fourth-order valence-electron chi connectivity index (χ4n) is 3.46. The maximum Gasteiger partial charge on any atom is 0.133 e. The summed E-state index contributed by atoms with van der Waals surface area (Å²) in [4.78, 5) is 2.47. The van der Waals surface area contributed by atoms with Crippen molar-refractivity contribution in [3.8, 4) is 11.3 Å². The summed E-state index contributed by atoms with van der Waals surface area (Å²) in [7, 11) is 0. The normalized spacial score (nSPS) is 15.6. The Morgan fingerprint density at radius 1 is 1.12 bits per heavy atom. The van der Waals surface area contributed by atoms with Gasteiger partial charge in [0.2, 0.25) is 0 Å². The number of hydrogen-bond acceptors (Lipinski definition) is 4. The molecular formula is C20H24N4O. The van der Waals surface area contributed by atoms with E-state index in [2.05, 4.69) is 39.6 Å². The Bertz CT molecular complexity index is 759. The number of furan rings is 1. The van der Waals surface area contributed by atoms with Gasteiger partial charge in [0.15, 0.2) is 0 Å². The Morgan fingerprint density at radius 3 is 2.80 bits per heavy atom. The Balaban J connectivity index is 1.29. The van der Waals surface area contributed by atoms with Crippen LogP contribution in [0.1, 0.15) is 12.8 Å². The van der Waals surface area contributed by atoms with Crippen LogP contribution < -0.4 is 10.2 Å². The minimum absolute atomic E-state index is 0.597. The number of anilines is 1. The van der Waals surface area contributed by atoms with E-state index in [4.69, 9.17) is 4.42 Å². The summed E-state index contributed by atoms with van der Waals surface area (Å²) in [6.07, 6.45) is 7.90. The molecule has 5 nitrogen and oxygen atoms in total. The topological polar surface area (TPSA) is 46.2 Å². The van der Waals surface area contributed by atoms with Crippen molar-refractivity contribution in [2.24, 2.45) is 0 Å². The van der Waals surface area contributed by atoms with Gasteiger partial charge in [0.25, 0.3) is 0 Å². The third-order valence-electron chi connectivity index (χ3n) is 4.85. The molecule has 0 radical (unpaired) electrons. The highest BCUT2D eigenvalue weighted by Gasteiger charge is 2.19. The summed E-state index contributed by atoms with van der Waals surface area (Å²) in [6, 6.07) is 15.1. The lowest BCUT2D eigenvalue weighted by Crippen LogP contribution is -2.43. The number of benzene rings is 1. The highest BCUT2D eigenvalue weighted by Crippen LogP contribution is 2.27. The molecule has 2 aromatic heterocycles. The lowest BCUT2D eigenvalue weighted by Gasteiger charge is -2.34. The minimum atomic E-state index is 0.597. The lowest BCUT2D eigenvalue weighted by molar-refractivity contribution is 0.401. The number of rotatable bonds is 6. The highest BCUT2D eigenvalue weighted by atomic mass is 16.3. The van der Waals surface area contributed by atoms with Crippen LogP contribution in [0, 0.1) is 0 Å². The number of nitrogens with zero attached hydrogens (tertiary/aromatic N) is 3. The molecule has 1 aliphatic heterocycles. The molecule has 25 heavy (non-hydrogen) atoms. The van der Waals surface area contributed by atoms with Gasteiger partial charge in [-0.2, -0.15) is 5.10 Å². The van der Waals surface area contributed by atoms with Crippen molar-refractivity contribution in [2.45, 2.75) is 25.4 Å². The first kappa shape index (κ1) is 16.0. The summed E-state index contributed by atoms with van der Waals surface area (Å²) in [5.74, 6) is 0.928. The molecule has 0 unspecified atom stereocenters. The van der Waals surface area contributed by atoms with Gasteiger partial charge in [0.1, 0.15) is 5.76 Å². The predicted molar refractivity (Wildman–Crippen MR) is 99.6 cm³/mol. The van der Waals surface area contributed by atoms with Crippen LogP contribution in [0.25, 0.3) is 11.3 Å². The average Bonchev–Trinajstić information content (AvgIpc) is 3.37. The maximum absolute atomic E-state index is 5.52. The first-order chi connectivity index (χ1) is 12.4. The SMILES string of the molecule is c1cc(-c2ccco2)cc(N2CCC(NCCn3cccn3)CC2)c1. The van der Waals surface area contributed by atoms with E-state index in [0.717, 1.165) is 37.5 Å². The molecule has 0 bridgehead atoms. The largest absolute Gasteiger partial charge is 0.464 e. The predicted octanol–water partition coefficient (Wildman–Crippen LogP) is 3.40. The number of piperidine rings is 1. The molecule has 0 spiro atoms. The van der Waals surface area contributed by atoms with Crippen LogP contribution >= 0.6 is 0 Å². The molecular weight excluding hydrogens is 312 g/mol. The first-order valence-corrected chi connectivity index (χ1v) is 8.98. The maximum atomic E-state index is 5.52. The Morgan fingerprint density at radius 2 is 2.04 bits per heavy atom. The molecule has 1 N–H and O–H groups in total. The van der Waals surface area contributed by atoms with Crippen molar-refractivity contribution in [1.29, 1.82) is 0 Å². The van der Waals surface area contributed by atoms with E-state index in [1.807, 2.05) is 35.3 Å². The molecule has 0 aliphatic carbocycles. The van der Waals surface area contributed by atoms with E-state index >= 15 is 0 Å². The molecule has 3 heterocycles. The fourth-order valence-corrected chi connectivity index (χ4v) is 3.46. The minimum Gasteiger partial charge on any atom is -0.464 e. The smallest absolute Gasteiger partial charge is 0.133 e. The first-order valence-electron chi connectivity index (χ1n) is 8.98. The van der Waals surface area contributed by atoms with E-state index in [0.29, 0.717) is 6.04 Å². The summed E-state index contributed by atoms with van der Waals surface area (Å²) in [5.41, 5.74) is 2.42. The summed E-state index contributed by atoms with van der Waals surface area (Å²) in [6.45, 7) is 4.07. The van der Waals surface area contributed by atoms with Gasteiger partial charge in [-0.1, -0.05) is 12.1 Å². The van der Waals surface area contributed by atoms with Gasteiger partial charge in [-0.3, -0.25) is 4.68 Å². The molecule has 0 amide bonds. The van der Waals surface area contributed by atoms with Crippen molar-refractivity contribution in [2.75, 3.05) is 24.5 Å². The van der Waals surface area contributed by atoms with Gasteiger partial charge < -0.3 is 14.6 Å². The van der Waals surface area contributed by atoms with E-state index in [1.165, 1.54) is 18.5 Å². The second-order valence-corrected chi connectivity index (χ2v) is 6.51. The quantitative estimate of drug-likeness (QED) is 0.749. The van der Waals surface area contributed by atoms with E-state index in [1.54, 1.807) is 6.26 Å². The van der Waals surface area contributed by atoms with Gasteiger partial charge in [0, 0.05) is 49.3 Å². The molecule has 1 fully saturated rings. The van der Waals surface area contributed by atoms with Crippen LogP contribution in [-0.4, -0.2) is 35.5 Å². The molecule has 3 aromatic rings. The molecule has 5 heteroatoms. The van der Waals surface area contributed by atoms with Crippen LogP contribution in [0.2, 0.25) is 0 Å². The van der Waals surface area contributed by atoms with E-state index in [9.17, 15) is 0 Å². The number of aromatic nitrogens is 2. The lowest BCUT2D eigenvalue weighted by atomic mass is 10.0. The van der Waals surface area contributed by atoms with E-state index in [-0.39, 0.29) is 0 Å². The highest BCUT2D eigenvalue weighted by molar-refractivity contribution is 5.64.